The van der Waals surface area contributed by atoms with Gasteiger partial charge in [-0.15, -0.1) is 21.5 Å². The molecule has 0 amide bonds. The summed E-state index contributed by atoms with van der Waals surface area (Å²) in [6.45, 7) is 5.00. The molecule has 0 saturated carbocycles. The molecule has 0 atom stereocenters. The lowest BCUT2D eigenvalue weighted by Gasteiger charge is -2.08. The number of nitrogens with zero attached hydrogens (tertiary/aromatic N) is 5. The molecule has 0 aliphatic rings. The molecule has 6 nitrogen and oxygen atoms in total. The van der Waals surface area contributed by atoms with Crippen molar-refractivity contribution in [3.63, 3.8) is 0 Å². The molecule has 0 fully saturated rings. The highest BCUT2D eigenvalue weighted by Gasteiger charge is 2.07. The second-order valence-corrected chi connectivity index (χ2v) is 5.86. The first-order chi connectivity index (χ1) is 10.3. The van der Waals surface area contributed by atoms with Crippen LogP contribution < -0.4 is 5.32 Å². The smallest absolute Gasteiger partial charge is 0.200 e. The Labute approximate surface area is 127 Å². The van der Waals surface area contributed by atoms with Crippen LogP contribution in [0.1, 0.15) is 29.7 Å². The van der Waals surface area contributed by atoms with Crippen molar-refractivity contribution in [2.45, 2.75) is 33.1 Å². The first kappa shape index (κ1) is 13.9. The van der Waals surface area contributed by atoms with Gasteiger partial charge in [0.2, 0.25) is 5.65 Å². The summed E-state index contributed by atoms with van der Waals surface area (Å²) in [5, 5.41) is 19.2. The lowest BCUT2D eigenvalue weighted by molar-refractivity contribution is 0.838. The van der Waals surface area contributed by atoms with E-state index in [9.17, 15) is 0 Å². The fourth-order valence-electron chi connectivity index (χ4n) is 2.16. The number of nitrogens with one attached hydrogen (secondary N) is 1. The molecule has 3 aromatic heterocycles. The van der Waals surface area contributed by atoms with Crippen molar-refractivity contribution in [3.05, 3.63) is 34.2 Å². The number of hydrogen-bond donors (Lipinski definition) is 1. The number of aromatic nitrogens is 5. The molecule has 0 bridgehead atoms. The number of fused-ring (bicyclic) bond motifs is 1. The Balaban J connectivity index is 1.63. The van der Waals surface area contributed by atoms with Gasteiger partial charge in [0, 0.05) is 24.0 Å². The molecule has 3 aromatic rings. The summed E-state index contributed by atoms with van der Waals surface area (Å²) in [6, 6.07) is 2.05. The van der Waals surface area contributed by atoms with Crippen LogP contribution in [0.3, 0.4) is 0 Å². The molecule has 0 aliphatic heterocycles. The highest BCUT2D eigenvalue weighted by molar-refractivity contribution is 7.09. The number of aryl methyl sites for hydroxylation is 3. The average Bonchev–Trinajstić information content (AvgIpc) is 3.11. The molecule has 1 N–H and O–H groups in total. The van der Waals surface area contributed by atoms with Gasteiger partial charge in [0.1, 0.15) is 6.33 Å². The third kappa shape index (κ3) is 3.18. The van der Waals surface area contributed by atoms with E-state index in [0.29, 0.717) is 0 Å². The highest BCUT2D eigenvalue weighted by atomic mass is 32.1. The third-order valence-corrected chi connectivity index (χ3v) is 4.26. The molecule has 0 aliphatic carbocycles. The molecule has 3 rings (SSSR count). The van der Waals surface area contributed by atoms with Crippen LogP contribution in [0.25, 0.3) is 5.65 Å². The summed E-state index contributed by atoms with van der Waals surface area (Å²) in [5.41, 5.74) is 3.90. The first-order valence-electron chi connectivity index (χ1n) is 7.11. The summed E-state index contributed by atoms with van der Waals surface area (Å²) in [6.07, 6.45) is 4.57. The Bertz CT molecular complexity index is 732. The normalized spacial score (nSPS) is 11.1. The van der Waals surface area contributed by atoms with Gasteiger partial charge in [-0.2, -0.15) is 9.61 Å². The largest absolute Gasteiger partial charge is 0.382 e. The highest BCUT2D eigenvalue weighted by Crippen LogP contribution is 2.16. The number of thiazole rings is 1. The minimum absolute atomic E-state index is 0.775. The van der Waals surface area contributed by atoms with Crippen LogP contribution in [-0.2, 0) is 12.8 Å². The lowest BCUT2D eigenvalue weighted by atomic mass is 10.2. The standard InChI is InChI=1S/C14H18N6S/c1-3-11-7-12(14-18-16-9-20(14)19-11)15-6-4-5-13-17-10(2)8-21-13/h7-9,15H,3-6H2,1-2H3. The SMILES string of the molecule is CCc1cc(NCCCc2nc(C)cs2)c2nncn2n1. The van der Waals surface area contributed by atoms with Crippen LogP contribution >= 0.6 is 11.3 Å². The van der Waals surface area contributed by atoms with E-state index < -0.39 is 0 Å². The van der Waals surface area contributed by atoms with Gasteiger partial charge in [0.25, 0.3) is 0 Å². The van der Waals surface area contributed by atoms with E-state index in [0.717, 1.165) is 48.5 Å². The summed E-state index contributed by atoms with van der Waals surface area (Å²) >= 11 is 1.73. The quantitative estimate of drug-likeness (QED) is 0.709. The van der Waals surface area contributed by atoms with Crippen molar-refractivity contribution in [1.82, 2.24) is 24.8 Å². The van der Waals surface area contributed by atoms with Crippen molar-refractivity contribution in [1.29, 1.82) is 0 Å². The van der Waals surface area contributed by atoms with Gasteiger partial charge in [-0.1, -0.05) is 6.92 Å². The van der Waals surface area contributed by atoms with Crippen molar-refractivity contribution in [2.75, 3.05) is 11.9 Å². The van der Waals surface area contributed by atoms with E-state index in [-0.39, 0.29) is 0 Å². The Hall–Kier alpha value is -2.02. The van der Waals surface area contributed by atoms with Gasteiger partial charge >= 0.3 is 0 Å². The van der Waals surface area contributed by atoms with Crippen LogP contribution in [0.2, 0.25) is 0 Å². The molecule has 0 saturated heterocycles. The van der Waals surface area contributed by atoms with Gasteiger partial charge in [-0.25, -0.2) is 4.98 Å². The minimum atomic E-state index is 0.775. The lowest BCUT2D eigenvalue weighted by Crippen LogP contribution is -2.07. The summed E-state index contributed by atoms with van der Waals surface area (Å²) in [4.78, 5) is 4.48. The monoisotopic (exact) mass is 302 g/mol. The van der Waals surface area contributed by atoms with E-state index in [1.54, 1.807) is 22.2 Å². The second-order valence-electron chi connectivity index (χ2n) is 4.91. The number of anilines is 1. The maximum atomic E-state index is 4.48. The second kappa shape index (κ2) is 6.17. The zero-order chi connectivity index (χ0) is 14.7. The van der Waals surface area contributed by atoms with Crippen LogP contribution in [0.5, 0.6) is 0 Å². The van der Waals surface area contributed by atoms with Gasteiger partial charge < -0.3 is 5.32 Å². The van der Waals surface area contributed by atoms with Crippen LogP contribution in [0, 0.1) is 6.92 Å². The van der Waals surface area contributed by atoms with Crippen LogP contribution in [0.4, 0.5) is 5.69 Å². The fraction of sp³-hybridized carbons (Fsp3) is 0.429. The zero-order valence-electron chi connectivity index (χ0n) is 12.2. The molecule has 110 valence electrons. The first-order valence-corrected chi connectivity index (χ1v) is 7.99. The molecule has 0 unspecified atom stereocenters. The molecule has 7 heteroatoms. The van der Waals surface area contributed by atoms with Crippen molar-refractivity contribution < 1.29 is 0 Å². The Morgan fingerprint density at radius 3 is 3.05 bits per heavy atom. The predicted molar refractivity (Wildman–Crippen MR) is 83.8 cm³/mol. The topological polar surface area (TPSA) is 68.0 Å². The van der Waals surface area contributed by atoms with Crippen LogP contribution in [0.15, 0.2) is 17.8 Å². The van der Waals surface area contributed by atoms with E-state index >= 15 is 0 Å². The van der Waals surface area contributed by atoms with E-state index in [1.165, 1.54) is 5.01 Å². The maximum Gasteiger partial charge on any atom is 0.200 e. The Kier molecular flexibility index (Phi) is 4.10. The summed E-state index contributed by atoms with van der Waals surface area (Å²) in [7, 11) is 0. The molecular weight excluding hydrogens is 284 g/mol. The van der Waals surface area contributed by atoms with Gasteiger partial charge in [0.05, 0.1) is 16.4 Å². The minimum Gasteiger partial charge on any atom is -0.382 e. The zero-order valence-corrected chi connectivity index (χ0v) is 13.0. The maximum absolute atomic E-state index is 4.48. The van der Waals surface area contributed by atoms with Gasteiger partial charge in [-0.3, -0.25) is 0 Å². The third-order valence-electron chi connectivity index (χ3n) is 3.23. The van der Waals surface area contributed by atoms with Gasteiger partial charge in [0.15, 0.2) is 0 Å². The Morgan fingerprint density at radius 2 is 2.29 bits per heavy atom. The van der Waals surface area contributed by atoms with E-state index in [4.69, 9.17) is 0 Å². The molecule has 0 radical (unpaired) electrons. The average molecular weight is 302 g/mol. The summed E-state index contributed by atoms with van der Waals surface area (Å²) in [5.74, 6) is 0. The molecule has 0 aromatic carbocycles. The van der Waals surface area contributed by atoms with Gasteiger partial charge in [-0.05, 0) is 25.8 Å². The predicted octanol–water partition coefficient (Wildman–Crippen LogP) is 2.50. The Morgan fingerprint density at radius 1 is 1.38 bits per heavy atom. The van der Waals surface area contributed by atoms with Crippen molar-refractivity contribution in [2.24, 2.45) is 0 Å². The van der Waals surface area contributed by atoms with Crippen LogP contribution in [-0.4, -0.2) is 31.3 Å². The van der Waals surface area contributed by atoms with Crippen molar-refractivity contribution in [3.8, 4) is 0 Å². The molecule has 0 spiro atoms. The fourth-order valence-corrected chi connectivity index (χ4v) is 2.98. The molecule has 21 heavy (non-hydrogen) atoms. The number of rotatable bonds is 6. The molecule has 3 heterocycles. The van der Waals surface area contributed by atoms with E-state index in [2.05, 4.69) is 44.0 Å². The van der Waals surface area contributed by atoms with E-state index in [1.807, 2.05) is 6.92 Å². The molecular formula is C14H18N6S. The van der Waals surface area contributed by atoms with Crippen molar-refractivity contribution >= 4 is 22.7 Å². The number of hydrogen-bond acceptors (Lipinski definition) is 6. The summed E-state index contributed by atoms with van der Waals surface area (Å²) < 4.78 is 1.73.